The summed E-state index contributed by atoms with van der Waals surface area (Å²) in [6.07, 6.45) is 0.0805. The molecular weight excluding hydrogens is 276 g/mol. The van der Waals surface area contributed by atoms with Gasteiger partial charge in [-0.05, 0) is 12.8 Å². The van der Waals surface area contributed by atoms with Gasteiger partial charge in [0.1, 0.15) is 12.1 Å². The Morgan fingerprint density at radius 2 is 2.00 bits per heavy atom. The molecule has 0 saturated carbocycles. The fourth-order valence-electron chi connectivity index (χ4n) is 1.21. The molecule has 10 nitrogen and oxygen atoms in total. The number of rotatable bonds is 10. The summed E-state index contributed by atoms with van der Waals surface area (Å²) in [5.41, 5.74) is 5.24. The summed E-state index contributed by atoms with van der Waals surface area (Å²) in [7, 11) is 0. The zero-order chi connectivity index (χ0) is 15.5. The summed E-state index contributed by atoms with van der Waals surface area (Å²) >= 11 is 0. The molecule has 0 rings (SSSR count). The van der Waals surface area contributed by atoms with Gasteiger partial charge < -0.3 is 20.9 Å². The number of hydrogen-bond acceptors (Lipinski definition) is 8. The van der Waals surface area contributed by atoms with Gasteiger partial charge in [0, 0.05) is 6.42 Å². The van der Waals surface area contributed by atoms with Crippen molar-refractivity contribution < 1.29 is 39.4 Å². The molecule has 0 radical (unpaired) electrons. The van der Waals surface area contributed by atoms with Crippen molar-refractivity contribution in [3.63, 3.8) is 0 Å². The molecule has 0 heterocycles. The Labute approximate surface area is 114 Å². The third kappa shape index (κ3) is 7.63. The second kappa shape index (κ2) is 10.1. The van der Waals surface area contributed by atoms with Crippen LogP contribution in [0.15, 0.2) is 0 Å². The van der Waals surface area contributed by atoms with E-state index in [2.05, 4.69) is 20.0 Å². The van der Waals surface area contributed by atoms with E-state index in [-0.39, 0.29) is 19.3 Å². The van der Waals surface area contributed by atoms with Crippen LogP contribution in [-0.4, -0.2) is 47.1 Å². The molecule has 0 aliphatic heterocycles. The van der Waals surface area contributed by atoms with Crippen molar-refractivity contribution in [3.8, 4) is 0 Å². The predicted molar refractivity (Wildman–Crippen MR) is 62.8 cm³/mol. The first-order valence-electron chi connectivity index (χ1n) is 5.79. The molecular formula is C10H18N2O8. The Balaban J connectivity index is 4.11. The van der Waals surface area contributed by atoms with Crippen molar-refractivity contribution in [1.82, 2.24) is 5.32 Å². The van der Waals surface area contributed by atoms with Crippen molar-refractivity contribution in [2.24, 2.45) is 5.73 Å². The van der Waals surface area contributed by atoms with E-state index in [1.165, 1.54) is 0 Å². The van der Waals surface area contributed by atoms with Gasteiger partial charge in [-0.15, -0.1) is 0 Å². The van der Waals surface area contributed by atoms with Gasteiger partial charge in [-0.25, -0.2) is 10.1 Å². The minimum absolute atomic E-state index is 0.0475. The normalized spacial score (nSPS) is 13.3. The van der Waals surface area contributed by atoms with Crippen molar-refractivity contribution in [2.75, 3.05) is 6.79 Å². The van der Waals surface area contributed by atoms with Gasteiger partial charge in [0.05, 0.1) is 0 Å². The summed E-state index contributed by atoms with van der Waals surface area (Å²) in [6, 6.07) is -2.05. The van der Waals surface area contributed by atoms with Gasteiger partial charge in [-0.3, -0.25) is 9.59 Å². The number of nitrogens with two attached hydrogens (primary N) is 1. The van der Waals surface area contributed by atoms with Gasteiger partial charge in [-0.1, -0.05) is 12.0 Å². The maximum atomic E-state index is 11.5. The third-order valence-corrected chi connectivity index (χ3v) is 2.33. The van der Waals surface area contributed by atoms with E-state index in [0.717, 1.165) is 0 Å². The van der Waals surface area contributed by atoms with Crippen LogP contribution in [0.25, 0.3) is 0 Å². The molecule has 0 fully saturated rings. The molecule has 0 spiro atoms. The lowest BCUT2D eigenvalue weighted by Crippen LogP contribution is -2.42. The van der Waals surface area contributed by atoms with Crippen LogP contribution >= 0.6 is 0 Å². The molecule has 0 aromatic carbocycles. The van der Waals surface area contributed by atoms with Crippen LogP contribution in [-0.2, 0) is 29.0 Å². The third-order valence-electron chi connectivity index (χ3n) is 2.33. The lowest BCUT2D eigenvalue weighted by Gasteiger charge is -2.15. The lowest BCUT2D eigenvalue weighted by atomic mass is 10.1. The Morgan fingerprint density at radius 1 is 1.35 bits per heavy atom. The SMILES string of the molecule is CC[C@H](NC(=O)CC[C@H](N)C(=O)O)C(=O)OCOOO. The summed E-state index contributed by atoms with van der Waals surface area (Å²) in [6.45, 7) is 1.00. The van der Waals surface area contributed by atoms with Gasteiger partial charge in [-0.2, -0.15) is 4.89 Å². The first-order valence-corrected chi connectivity index (χ1v) is 5.79. The minimum atomic E-state index is -1.20. The molecule has 0 saturated heterocycles. The van der Waals surface area contributed by atoms with Gasteiger partial charge in [0.25, 0.3) is 0 Å². The zero-order valence-electron chi connectivity index (χ0n) is 10.9. The standard InChI is InChI=1S/C10H18N2O8/c1-2-7(10(16)18-5-19-20-17)12-8(13)4-3-6(11)9(14)15/h6-7,17H,2-5,11H2,1H3,(H,12,13)(H,14,15)/t6-,7-/m0/s1. The fraction of sp³-hybridized carbons (Fsp3) is 0.700. The average molecular weight is 294 g/mol. The number of aliphatic carboxylic acids is 1. The smallest absolute Gasteiger partial charge is 0.330 e. The van der Waals surface area contributed by atoms with E-state index >= 15 is 0 Å². The number of carboxylic acids is 1. The van der Waals surface area contributed by atoms with E-state index in [9.17, 15) is 14.4 Å². The molecule has 0 unspecified atom stereocenters. The number of esters is 1. The molecule has 0 aromatic rings. The van der Waals surface area contributed by atoms with E-state index in [1.807, 2.05) is 0 Å². The van der Waals surface area contributed by atoms with Crippen LogP contribution in [0.2, 0.25) is 0 Å². The molecule has 1 amide bonds. The second-order valence-corrected chi connectivity index (χ2v) is 3.79. The fourth-order valence-corrected chi connectivity index (χ4v) is 1.21. The van der Waals surface area contributed by atoms with Crippen LogP contribution in [0.5, 0.6) is 0 Å². The lowest BCUT2D eigenvalue weighted by molar-refractivity contribution is -0.505. The molecule has 116 valence electrons. The largest absolute Gasteiger partial charge is 0.480 e. The number of hydrogen-bond donors (Lipinski definition) is 4. The van der Waals surface area contributed by atoms with Gasteiger partial charge in [0.15, 0.2) is 0 Å². The topological polar surface area (TPSA) is 157 Å². The van der Waals surface area contributed by atoms with E-state index in [0.29, 0.717) is 0 Å². The maximum absolute atomic E-state index is 11.5. The summed E-state index contributed by atoms with van der Waals surface area (Å²) in [4.78, 5) is 37.4. The van der Waals surface area contributed by atoms with E-state index in [4.69, 9.17) is 16.1 Å². The summed E-state index contributed by atoms with van der Waals surface area (Å²) in [5, 5.41) is 22.0. The minimum Gasteiger partial charge on any atom is -0.480 e. The van der Waals surface area contributed by atoms with Crippen molar-refractivity contribution in [3.05, 3.63) is 0 Å². The Hall–Kier alpha value is -1.75. The Kier molecular flexibility index (Phi) is 9.20. The van der Waals surface area contributed by atoms with Crippen molar-refractivity contribution >= 4 is 17.8 Å². The first kappa shape index (κ1) is 18.2. The van der Waals surface area contributed by atoms with Gasteiger partial charge >= 0.3 is 11.9 Å². The molecule has 2 atom stereocenters. The van der Waals surface area contributed by atoms with Gasteiger partial charge in [0.2, 0.25) is 12.7 Å². The van der Waals surface area contributed by atoms with Crippen LogP contribution in [0, 0.1) is 0 Å². The Morgan fingerprint density at radius 3 is 2.50 bits per heavy atom. The number of carbonyl (C=O) groups is 3. The second-order valence-electron chi connectivity index (χ2n) is 3.79. The predicted octanol–water partition coefficient (Wildman–Crippen LogP) is -1.00. The van der Waals surface area contributed by atoms with Crippen molar-refractivity contribution in [1.29, 1.82) is 0 Å². The molecule has 20 heavy (non-hydrogen) atoms. The number of carboxylic acid groups (broad SMARTS) is 1. The highest BCUT2D eigenvalue weighted by atomic mass is 17.5. The highest BCUT2D eigenvalue weighted by Crippen LogP contribution is 2.00. The van der Waals surface area contributed by atoms with E-state index in [1.54, 1.807) is 6.92 Å². The highest BCUT2D eigenvalue weighted by Gasteiger charge is 2.21. The molecule has 0 aromatic heterocycles. The summed E-state index contributed by atoms with van der Waals surface area (Å²) < 4.78 is 4.52. The number of carbonyl (C=O) groups excluding carboxylic acids is 2. The molecule has 0 bridgehead atoms. The first-order chi connectivity index (χ1) is 9.42. The zero-order valence-corrected chi connectivity index (χ0v) is 10.9. The molecule has 0 aliphatic carbocycles. The van der Waals surface area contributed by atoms with Crippen LogP contribution in [0.1, 0.15) is 26.2 Å². The molecule has 10 heteroatoms. The number of ether oxygens (including phenoxy) is 1. The van der Waals surface area contributed by atoms with E-state index < -0.39 is 36.7 Å². The number of nitrogens with one attached hydrogen (secondary N) is 1. The van der Waals surface area contributed by atoms with Crippen LogP contribution in [0.3, 0.4) is 0 Å². The maximum Gasteiger partial charge on any atom is 0.330 e. The Bertz CT molecular complexity index is 335. The quantitative estimate of drug-likeness (QED) is 0.130. The monoisotopic (exact) mass is 294 g/mol. The number of amides is 1. The van der Waals surface area contributed by atoms with Crippen molar-refractivity contribution in [2.45, 2.75) is 38.3 Å². The molecule has 5 N–H and O–H groups in total. The summed E-state index contributed by atoms with van der Waals surface area (Å²) in [5.74, 6) is -2.50. The highest BCUT2D eigenvalue weighted by molar-refractivity contribution is 5.84. The average Bonchev–Trinajstić information content (AvgIpc) is 2.41. The molecule has 0 aliphatic rings. The van der Waals surface area contributed by atoms with Crippen LogP contribution in [0.4, 0.5) is 0 Å². The van der Waals surface area contributed by atoms with Crippen LogP contribution < -0.4 is 11.1 Å².